The van der Waals surface area contributed by atoms with Gasteiger partial charge in [-0.15, -0.1) is 0 Å². The maximum atomic E-state index is 13.3. The van der Waals surface area contributed by atoms with Crippen molar-refractivity contribution in [1.29, 1.82) is 0 Å². The van der Waals surface area contributed by atoms with E-state index in [0.29, 0.717) is 18.5 Å². The second-order valence-corrected chi connectivity index (χ2v) is 5.48. The van der Waals surface area contributed by atoms with Gasteiger partial charge in [-0.05, 0) is 37.4 Å². The summed E-state index contributed by atoms with van der Waals surface area (Å²) in [5.41, 5.74) is 7.63. The monoisotopic (exact) mass is 261 g/mol. The minimum Gasteiger partial charge on any atom is -0.330 e. The molecule has 1 saturated carbocycles. The lowest BCUT2D eigenvalue weighted by molar-refractivity contribution is 0.492. The van der Waals surface area contributed by atoms with Crippen molar-refractivity contribution >= 4 is 11.0 Å². The first-order valence-electron chi connectivity index (χ1n) is 7.09. The van der Waals surface area contributed by atoms with E-state index in [0.717, 1.165) is 29.7 Å². The van der Waals surface area contributed by atoms with E-state index in [2.05, 4.69) is 16.5 Å². The second kappa shape index (κ2) is 4.93. The molecule has 1 aliphatic rings. The summed E-state index contributed by atoms with van der Waals surface area (Å²) in [6, 6.07) is 5.46. The van der Waals surface area contributed by atoms with Crippen LogP contribution in [0.2, 0.25) is 0 Å². The van der Waals surface area contributed by atoms with E-state index in [9.17, 15) is 4.39 Å². The van der Waals surface area contributed by atoms with Crippen LogP contribution in [0.15, 0.2) is 18.2 Å². The maximum Gasteiger partial charge on any atom is 0.125 e. The van der Waals surface area contributed by atoms with Crippen LogP contribution in [0.4, 0.5) is 4.39 Å². The summed E-state index contributed by atoms with van der Waals surface area (Å²) in [5, 5.41) is 0. The molecule has 1 fully saturated rings. The molecule has 0 saturated heterocycles. The number of rotatable bonds is 5. The number of halogens is 1. The zero-order chi connectivity index (χ0) is 13.4. The third-order valence-electron chi connectivity index (χ3n) is 4.02. The maximum absolute atomic E-state index is 13.3. The van der Waals surface area contributed by atoms with Crippen molar-refractivity contribution < 1.29 is 4.39 Å². The minimum absolute atomic E-state index is 0.217. The normalized spacial score (nSPS) is 17.0. The Kier molecular flexibility index (Phi) is 3.27. The standard InChI is InChI=1S/C15H20FN3/c1-2-10(9-17)7-15-18-13-8-11(16)3-6-14(13)19(15)12-4-5-12/h3,6,8,10,12H,2,4-5,7,9,17H2,1H3. The quantitative estimate of drug-likeness (QED) is 0.899. The molecule has 1 aromatic carbocycles. The van der Waals surface area contributed by atoms with Crippen molar-refractivity contribution in [2.24, 2.45) is 11.7 Å². The van der Waals surface area contributed by atoms with Crippen LogP contribution in [-0.2, 0) is 6.42 Å². The Bertz CT molecular complexity index is 582. The highest BCUT2D eigenvalue weighted by Gasteiger charge is 2.28. The van der Waals surface area contributed by atoms with Crippen LogP contribution in [0.3, 0.4) is 0 Å². The summed E-state index contributed by atoms with van der Waals surface area (Å²) in [7, 11) is 0. The van der Waals surface area contributed by atoms with Crippen molar-refractivity contribution in [3.63, 3.8) is 0 Å². The van der Waals surface area contributed by atoms with E-state index in [1.165, 1.54) is 25.0 Å². The molecule has 1 heterocycles. The fourth-order valence-electron chi connectivity index (χ4n) is 2.66. The smallest absolute Gasteiger partial charge is 0.125 e. The van der Waals surface area contributed by atoms with Crippen molar-refractivity contribution in [2.75, 3.05) is 6.54 Å². The molecule has 2 aromatic rings. The van der Waals surface area contributed by atoms with Crippen LogP contribution in [-0.4, -0.2) is 16.1 Å². The lowest BCUT2D eigenvalue weighted by atomic mass is 10.0. The van der Waals surface area contributed by atoms with Gasteiger partial charge in [0.1, 0.15) is 11.6 Å². The molecule has 1 aliphatic carbocycles. The molecule has 1 unspecified atom stereocenters. The third kappa shape index (κ3) is 2.37. The predicted octanol–water partition coefficient (Wildman–Crippen LogP) is 3.04. The Labute approximate surface area is 112 Å². The number of hydrogen-bond acceptors (Lipinski definition) is 2. The first kappa shape index (κ1) is 12.6. The van der Waals surface area contributed by atoms with E-state index in [-0.39, 0.29) is 5.82 Å². The van der Waals surface area contributed by atoms with Crippen LogP contribution < -0.4 is 5.73 Å². The molecular formula is C15H20FN3. The topological polar surface area (TPSA) is 43.8 Å². The van der Waals surface area contributed by atoms with Crippen LogP contribution in [0, 0.1) is 11.7 Å². The predicted molar refractivity (Wildman–Crippen MR) is 74.5 cm³/mol. The van der Waals surface area contributed by atoms with E-state index in [4.69, 9.17) is 5.73 Å². The molecule has 0 bridgehead atoms. The van der Waals surface area contributed by atoms with Gasteiger partial charge in [0.05, 0.1) is 11.0 Å². The van der Waals surface area contributed by atoms with E-state index in [1.807, 2.05) is 6.07 Å². The van der Waals surface area contributed by atoms with Crippen molar-refractivity contribution in [1.82, 2.24) is 9.55 Å². The third-order valence-corrected chi connectivity index (χ3v) is 4.02. The molecular weight excluding hydrogens is 241 g/mol. The van der Waals surface area contributed by atoms with Gasteiger partial charge >= 0.3 is 0 Å². The van der Waals surface area contributed by atoms with Gasteiger partial charge in [0, 0.05) is 18.5 Å². The van der Waals surface area contributed by atoms with E-state index < -0.39 is 0 Å². The van der Waals surface area contributed by atoms with Crippen LogP contribution in [0.5, 0.6) is 0 Å². The molecule has 102 valence electrons. The molecule has 0 amide bonds. The number of hydrogen-bond donors (Lipinski definition) is 1. The summed E-state index contributed by atoms with van der Waals surface area (Å²) in [6.45, 7) is 2.83. The van der Waals surface area contributed by atoms with Crippen LogP contribution >= 0.6 is 0 Å². The SMILES string of the molecule is CCC(CN)Cc1nc2cc(F)ccc2n1C1CC1. The highest BCUT2D eigenvalue weighted by molar-refractivity contribution is 5.76. The van der Waals surface area contributed by atoms with Crippen LogP contribution in [0.25, 0.3) is 11.0 Å². The Hall–Kier alpha value is -1.42. The summed E-state index contributed by atoms with van der Waals surface area (Å²) in [5.74, 6) is 1.31. The summed E-state index contributed by atoms with van der Waals surface area (Å²) in [4.78, 5) is 4.64. The molecule has 1 aromatic heterocycles. The molecule has 0 aliphatic heterocycles. The van der Waals surface area contributed by atoms with Gasteiger partial charge in [0.2, 0.25) is 0 Å². The Morgan fingerprint density at radius 2 is 2.26 bits per heavy atom. The lowest BCUT2D eigenvalue weighted by Gasteiger charge is -2.13. The van der Waals surface area contributed by atoms with Gasteiger partial charge in [0.25, 0.3) is 0 Å². The average Bonchev–Trinajstić information content (AvgIpc) is 3.18. The average molecular weight is 261 g/mol. The Morgan fingerprint density at radius 3 is 2.89 bits per heavy atom. The first-order valence-corrected chi connectivity index (χ1v) is 7.09. The highest BCUT2D eigenvalue weighted by Crippen LogP contribution is 2.39. The van der Waals surface area contributed by atoms with Crippen molar-refractivity contribution in [3.8, 4) is 0 Å². The number of aromatic nitrogens is 2. The minimum atomic E-state index is -0.217. The highest BCUT2D eigenvalue weighted by atomic mass is 19.1. The van der Waals surface area contributed by atoms with Gasteiger partial charge in [-0.25, -0.2) is 9.37 Å². The summed E-state index contributed by atoms with van der Waals surface area (Å²) >= 11 is 0. The van der Waals surface area contributed by atoms with Crippen LogP contribution in [0.1, 0.15) is 38.1 Å². The number of imidazole rings is 1. The van der Waals surface area contributed by atoms with Crippen molar-refractivity contribution in [3.05, 3.63) is 29.8 Å². The summed E-state index contributed by atoms with van der Waals surface area (Å²) in [6.07, 6.45) is 4.35. The molecule has 3 nitrogen and oxygen atoms in total. The molecule has 4 heteroatoms. The molecule has 0 spiro atoms. The Morgan fingerprint density at radius 1 is 1.47 bits per heavy atom. The van der Waals surface area contributed by atoms with E-state index >= 15 is 0 Å². The molecule has 1 atom stereocenters. The molecule has 3 rings (SSSR count). The molecule has 2 N–H and O–H groups in total. The molecule has 0 radical (unpaired) electrons. The second-order valence-electron chi connectivity index (χ2n) is 5.48. The summed E-state index contributed by atoms with van der Waals surface area (Å²) < 4.78 is 15.6. The van der Waals surface area contributed by atoms with Gasteiger partial charge in [-0.3, -0.25) is 0 Å². The number of nitrogens with zero attached hydrogens (tertiary/aromatic N) is 2. The Balaban J connectivity index is 2.04. The van der Waals surface area contributed by atoms with Gasteiger partial charge in [-0.2, -0.15) is 0 Å². The first-order chi connectivity index (χ1) is 9.22. The number of fused-ring (bicyclic) bond motifs is 1. The largest absolute Gasteiger partial charge is 0.330 e. The number of nitrogens with two attached hydrogens (primary N) is 1. The number of benzene rings is 1. The van der Waals surface area contributed by atoms with E-state index in [1.54, 1.807) is 0 Å². The van der Waals surface area contributed by atoms with Gasteiger partial charge in [-0.1, -0.05) is 13.3 Å². The molecule has 19 heavy (non-hydrogen) atoms. The van der Waals surface area contributed by atoms with Gasteiger partial charge in [0.15, 0.2) is 0 Å². The zero-order valence-corrected chi connectivity index (χ0v) is 11.3. The lowest BCUT2D eigenvalue weighted by Crippen LogP contribution is -2.18. The van der Waals surface area contributed by atoms with Gasteiger partial charge < -0.3 is 10.3 Å². The fraction of sp³-hybridized carbons (Fsp3) is 0.533. The zero-order valence-electron chi connectivity index (χ0n) is 11.3. The van der Waals surface area contributed by atoms with Crippen molar-refractivity contribution in [2.45, 2.75) is 38.6 Å². The fourth-order valence-corrected chi connectivity index (χ4v) is 2.66.